The second-order valence-corrected chi connectivity index (χ2v) is 14.7. The topological polar surface area (TPSA) is 116 Å². The number of nitrogens with zero attached hydrogens (tertiary/aromatic N) is 2. The quantitative estimate of drug-likeness (QED) is 0.418. The van der Waals surface area contributed by atoms with Crippen molar-refractivity contribution in [2.45, 2.75) is 83.0 Å². The number of likely N-dealkylation sites (tertiary alicyclic amines) is 1. The van der Waals surface area contributed by atoms with Gasteiger partial charge in [0.05, 0.1) is 24.3 Å². The molecule has 2 N–H and O–H groups in total. The van der Waals surface area contributed by atoms with Crippen molar-refractivity contribution in [1.82, 2.24) is 19.8 Å². The third kappa shape index (κ3) is 6.86. The van der Waals surface area contributed by atoms with Crippen molar-refractivity contribution in [2.24, 2.45) is 17.8 Å². The van der Waals surface area contributed by atoms with Gasteiger partial charge in [-0.25, -0.2) is 8.42 Å². The fraction of sp³-hybridized carbons (Fsp3) is 0.559. The zero-order valence-electron chi connectivity index (χ0n) is 26.0. The fourth-order valence-corrected chi connectivity index (χ4v) is 8.47. The predicted molar refractivity (Wildman–Crippen MR) is 170 cm³/mol. The van der Waals surface area contributed by atoms with Crippen LogP contribution in [0.5, 0.6) is 0 Å². The minimum Gasteiger partial charge on any atom is -0.345 e. The molecule has 3 aliphatic rings. The number of carbonyl (C=O) groups is 3. The fourth-order valence-electron chi connectivity index (χ4n) is 7.32. The minimum absolute atomic E-state index is 0.00734. The molecule has 1 saturated carbocycles. The van der Waals surface area contributed by atoms with Gasteiger partial charge in [-0.1, -0.05) is 93.8 Å². The highest BCUT2D eigenvalue weighted by molar-refractivity contribution is 7.88. The van der Waals surface area contributed by atoms with Gasteiger partial charge in [-0.05, 0) is 42.7 Å². The molecule has 0 radical (unpaired) electrons. The molecule has 0 bridgehead atoms. The molecule has 2 aromatic rings. The molecule has 238 valence electrons. The van der Waals surface area contributed by atoms with Crippen LogP contribution in [0.1, 0.15) is 76.0 Å². The molecule has 10 heteroatoms. The summed E-state index contributed by atoms with van der Waals surface area (Å²) >= 11 is 0. The van der Waals surface area contributed by atoms with E-state index in [1.165, 1.54) is 10.6 Å². The molecular weight excluding hydrogens is 576 g/mol. The first kappa shape index (κ1) is 32.2. The van der Waals surface area contributed by atoms with E-state index in [9.17, 15) is 22.8 Å². The summed E-state index contributed by atoms with van der Waals surface area (Å²) in [5, 5.41) is 6.31. The number of amides is 3. The van der Waals surface area contributed by atoms with Crippen LogP contribution in [-0.4, -0.2) is 72.8 Å². The summed E-state index contributed by atoms with van der Waals surface area (Å²) in [5.41, 5.74) is 1.82. The summed E-state index contributed by atoms with van der Waals surface area (Å²) in [5.74, 6) is -1.59. The molecule has 9 nitrogen and oxygen atoms in total. The summed E-state index contributed by atoms with van der Waals surface area (Å²) in [4.78, 5) is 43.5. The Labute approximate surface area is 261 Å². The molecular formula is C34H46N4O5S. The van der Waals surface area contributed by atoms with Gasteiger partial charge in [0.15, 0.2) is 0 Å². The number of hydrogen-bond acceptors (Lipinski definition) is 5. The van der Waals surface area contributed by atoms with Gasteiger partial charge in [-0.2, -0.15) is 4.31 Å². The molecule has 5 atom stereocenters. The molecule has 1 aliphatic carbocycles. The van der Waals surface area contributed by atoms with Gasteiger partial charge in [-0.15, -0.1) is 0 Å². The van der Waals surface area contributed by atoms with Crippen LogP contribution in [0.2, 0.25) is 0 Å². The maximum Gasteiger partial charge on any atom is 0.245 e. The predicted octanol–water partition coefficient (Wildman–Crippen LogP) is 3.86. The zero-order valence-corrected chi connectivity index (χ0v) is 26.8. The standard InChI is InChI=1S/C34H46N4O5S/c1-4-23(2)32(39)36-30(26-18-12-7-13-19-26)34(41)37-21-20-28-31(37)27(22-38(28)44(3,42)43)33(40)35-29(24-14-8-5-9-15-24)25-16-10-6-11-17-25/h5-6,8-11,14-17,23,26-31H,4,7,12-13,18-22H2,1-3H3,(H,35,40)(H,36,39)/t23-,27+,28-,30+,31-/m1/s1. The molecule has 2 heterocycles. The van der Waals surface area contributed by atoms with Gasteiger partial charge in [0.1, 0.15) is 6.04 Å². The molecule has 0 spiro atoms. The minimum atomic E-state index is -3.63. The van der Waals surface area contributed by atoms with E-state index >= 15 is 0 Å². The van der Waals surface area contributed by atoms with Crippen molar-refractivity contribution in [2.75, 3.05) is 19.3 Å². The van der Waals surface area contributed by atoms with Gasteiger partial charge in [0, 0.05) is 25.0 Å². The first-order chi connectivity index (χ1) is 21.1. The SMILES string of the molecule is CC[C@@H](C)C(=O)N[C@H](C(=O)N1CC[C@@H]2[C@H]1[C@@H](C(=O)NC(c1ccccc1)c1ccccc1)CN2S(C)(=O)=O)C1CCCCC1. The van der Waals surface area contributed by atoms with Crippen LogP contribution < -0.4 is 10.6 Å². The van der Waals surface area contributed by atoms with Crippen molar-refractivity contribution in [3.05, 3.63) is 71.8 Å². The highest BCUT2D eigenvalue weighted by Gasteiger charge is 2.56. The van der Waals surface area contributed by atoms with Crippen molar-refractivity contribution in [1.29, 1.82) is 0 Å². The van der Waals surface area contributed by atoms with Crippen molar-refractivity contribution >= 4 is 27.7 Å². The van der Waals surface area contributed by atoms with Crippen LogP contribution in [0.25, 0.3) is 0 Å². The molecule has 0 unspecified atom stereocenters. The second kappa shape index (κ2) is 13.8. The summed E-state index contributed by atoms with van der Waals surface area (Å²) in [6.45, 7) is 4.16. The van der Waals surface area contributed by atoms with Crippen LogP contribution in [0.3, 0.4) is 0 Å². The van der Waals surface area contributed by atoms with Crippen LogP contribution >= 0.6 is 0 Å². The summed E-state index contributed by atoms with van der Waals surface area (Å²) in [7, 11) is -3.63. The third-order valence-corrected chi connectivity index (χ3v) is 11.2. The van der Waals surface area contributed by atoms with Crippen LogP contribution in [0.15, 0.2) is 60.7 Å². The second-order valence-electron chi connectivity index (χ2n) is 12.8. The lowest BCUT2D eigenvalue weighted by Gasteiger charge is -2.36. The average molecular weight is 623 g/mol. The Morgan fingerprint density at radius 3 is 2.02 bits per heavy atom. The van der Waals surface area contributed by atoms with Gasteiger partial charge in [0.25, 0.3) is 0 Å². The van der Waals surface area contributed by atoms with E-state index in [0.717, 1.165) is 43.2 Å². The van der Waals surface area contributed by atoms with Crippen molar-refractivity contribution in [3.8, 4) is 0 Å². The Bertz CT molecular complexity index is 1370. The van der Waals surface area contributed by atoms with E-state index in [4.69, 9.17) is 0 Å². The van der Waals surface area contributed by atoms with Gasteiger partial charge < -0.3 is 15.5 Å². The van der Waals surface area contributed by atoms with Gasteiger partial charge in [0.2, 0.25) is 27.7 Å². The summed E-state index contributed by atoms with van der Waals surface area (Å²) in [6.07, 6.45) is 7.12. The molecule has 3 fully saturated rings. The largest absolute Gasteiger partial charge is 0.345 e. The molecule has 2 aliphatic heterocycles. The Hall–Kier alpha value is -3.24. The number of rotatable bonds is 10. The number of hydrogen-bond donors (Lipinski definition) is 2. The van der Waals surface area contributed by atoms with E-state index in [0.29, 0.717) is 19.4 Å². The number of nitrogens with one attached hydrogen (secondary N) is 2. The maximum absolute atomic E-state index is 14.4. The molecule has 5 rings (SSSR count). The Kier molecular flexibility index (Phi) is 10.1. The first-order valence-corrected chi connectivity index (χ1v) is 17.9. The van der Waals surface area contributed by atoms with E-state index < -0.39 is 40.1 Å². The van der Waals surface area contributed by atoms with Gasteiger partial charge in [-0.3, -0.25) is 14.4 Å². The molecule has 0 aromatic heterocycles. The Balaban J connectivity index is 1.46. The average Bonchev–Trinajstić information content (AvgIpc) is 3.64. The normalized spacial score (nSPS) is 24.1. The summed E-state index contributed by atoms with van der Waals surface area (Å²) < 4.78 is 27.3. The number of carbonyl (C=O) groups excluding carboxylic acids is 3. The van der Waals surface area contributed by atoms with Gasteiger partial charge >= 0.3 is 0 Å². The summed E-state index contributed by atoms with van der Waals surface area (Å²) in [6, 6.07) is 17.1. The maximum atomic E-state index is 14.4. The lowest BCUT2D eigenvalue weighted by Crippen LogP contribution is -2.57. The zero-order chi connectivity index (χ0) is 31.4. The van der Waals surface area contributed by atoms with E-state index in [2.05, 4.69) is 10.6 Å². The van der Waals surface area contributed by atoms with E-state index in [1.54, 1.807) is 4.90 Å². The van der Waals surface area contributed by atoms with Crippen molar-refractivity contribution < 1.29 is 22.8 Å². The smallest absolute Gasteiger partial charge is 0.245 e. The molecule has 2 saturated heterocycles. The van der Waals surface area contributed by atoms with Crippen LogP contribution in [-0.2, 0) is 24.4 Å². The van der Waals surface area contributed by atoms with E-state index in [1.807, 2.05) is 74.5 Å². The monoisotopic (exact) mass is 622 g/mol. The highest BCUT2D eigenvalue weighted by atomic mass is 32.2. The third-order valence-electron chi connectivity index (χ3n) is 9.92. The Morgan fingerprint density at radius 1 is 0.886 bits per heavy atom. The lowest BCUT2D eigenvalue weighted by atomic mass is 9.82. The highest BCUT2D eigenvalue weighted by Crippen LogP contribution is 2.39. The first-order valence-electron chi connectivity index (χ1n) is 16.1. The molecule has 44 heavy (non-hydrogen) atoms. The number of benzene rings is 2. The van der Waals surface area contributed by atoms with Crippen LogP contribution in [0.4, 0.5) is 0 Å². The Morgan fingerprint density at radius 2 is 1.48 bits per heavy atom. The number of sulfonamides is 1. The number of fused-ring (bicyclic) bond motifs is 1. The van der Waals surface area contributed by atoms with Crippen LogP contribution in [0, 0.1) is 17.8 Å². The molecule has 2 aromatic carbocycles. The lowest BCUT2D eigenvalue weighted by molar-refractivity contribution is -0.141. The van der Waals surface area contributed by atoms with E-state index in [-0.39, 0.29) is 36.1 Å². The van der Waals surface area contributed by atoms with Crippen molar-refractivity contribution in [3.63, 3.8) is 0 Å². The molecule has 3 amide bonds.